The first kappa shape index (κ1) is 25.3. The summed E-state index contributed by atoms with van der Waals surface area (Å²) >= 11 is -0.253. The Kier molecular flexibility index (Phi) is 9.95. The van der Waals surface area contributed by atoms with E-state index in [2.05, 4.69) is 22.6 Å². The van der Waals surface area contributed by atoms with E-state index in [0.29, 0.717) is 0 Å². The number of hydrogen-bond acceptors (Lipinski definition) is 13. The fourth-order valence-electron chi connectivity index (χ4n) is 1.34. The van der Waals surface area contributed by atoms with Crippen LogP contribution in [0.25, 0.3) is 0 Å². The van der Waals surface area contributed by atoms with Gasteiger partial charge in [-0.3, -0.25) is 0 Å². The van der Waals surface area contributed by atoms with Crippen molar-refractivity contribution in [1.82, 2.24) is 0 Å². The molecule has 10 nitrogen and oxygen atoms in total. The van der Waals surface area contributed by atoms with Gasteiger partial charge >= 0.3 is 11.9 Å². The molecule has 0 saturated carbocycles. The minimum absolute atomic E-state index is 0.0659. The van der Waals surface area contributed by atoms with Crippen LogP contribution < -0.4 is 10.2 Å². The Morgan fingerprint density at radius 3 is 1.41 bits per heavy atom. The fourth-order valence-corrected chi connectivity index (χ4v) is 5.34. The van der Waals surface area contributed by atoms with Crippen LogP contribution in [0.3, 0.4) is 0 Å². The summed E-state index contributed by atoms with van der Waals surface area (Å²) in [5, 5.41) is 43.1. The smallest absolute Gasteiger partial charge is 0.331 e. The molecule has 0 fully saturated rings. The van der Waals surface area contributed by atoms with E-state index in [1.807, 2.05) is 0 Å². The van der Waals surface area contributed by atoms with E-state index in [1.165, 1.54) is 13.8 Å². The molecular weight excluding hydrogens is 424 g/mol. The largest absolute Gasteiger partial charge is 0.545 e. The van der Waals surface area contributed by atoms with Crippen molar-refractivity contribution in [2.75, 3.05) is 0 Å². The Bertz CT molecular complexity index is 572. The lowest BCUT2D eigenvalue weighted by Gasteiger charge is -2.38. The zero-order valence-electron chi connectivity index (χ0n) is 14.1. The van der Waals surface area contributed by atoms with Crippen LogP contribution in [0.4, 0.5) is 0 Å². The Morgan fingerprint density at radius 1 is 0.889 bits per heavy atom. The Labute approximate surface area is 167 Å². The van der Waals surface area contributed by atoms with Gasteiger partial charge in [-0.25, -0.2) is 9.59 Å². The van der Waals surface area contributed by atoms with Gasteiger partial charge in [0.05, 0.1) is 11.9 Å². The van der Waals surface area contributed by atoms with Gasteiger partial charge in [0.1, 0.15) is 10.9 Å². The maximum Gasteiger partial charge on any atom is 0.331 e. The Hall–Kier alpha value is -1.67. The second-order valence-electron chi connectivity index (χ2n) is 4.49. The normalized spacial score (nSPS) is 17.3. The molecule has 0 aliphatic carbocycles. The number of carbonyl (C=O) groups excluding carboxylic acids is 4. The van der Waals surface area contributed by atoms with Gasteiger partial charge in [0.25, 0.3) is 0 Å². The Balaban J connectivity index is 5.47. The van der Waals surface area contributed by atoms with E-state index in [-0.39, 0.29) is 35.3 Å². The average Bonchev–Trinajstić information content (AvgIpc) is 2.53. The summed E-state index contributed by atoms with van der Waals surface area (Å²) in [6.07, 6.45) is 1.57. The van der Waals surface area contributed by atoms with Crippen LogP contribution in [-0.4, -0.2) is 53.5 Å². The third-order valence-electron chi connectivity index (χ3n) is 2.34. The number of rotatable bonds is 12. The van der Waals surface area contributed by atoms with Gasteiger partial charge in [-0.2, -0.15) is 0 Å². The Morgan fingerprint density at radius 2 is 1.19 bits per heavy atom. The molecule has 152 valence electrons. The summed E-state index contributed by atoms with van der Waals surface area (Å²) in [6, 6.07) is 0. The molecule has 0 bridgehead atoms. The molecule has 0 spiro atoms. The highest BCUT2D eigenvalue weighted by molar-refractivity contribution is 8.27. The van der Waals surface area contributed by atoms with Crippen LogP contribution in [0.15, 0.2) is 25.3 Å². The molecule has 0 aromatic carbocycles. The quantitative estimate of drug-likeness (QED) is 0.196. The van der Waals surface area contributed by atoms with Gasteiger partial charge in [-0.05, 0) is 13.8 Å². The molecule has 0 aliphatic heterocycles. The zero-order chi connectivity index (χ0) is 21.4. The lowest BCUT2D eigenvalue weighted by atomic mass is 10.6. The molecule has 0 rings (SSSR count). The second kappa shape index (κ2) is 10.6. The van der Waals surface area contributed by atoms with E-state index in [4.69, 9.17) is 0 Å². The highest BCUT2D eigenvalue weighted by atomic mass is 32.2. The molecule has 0 aliphatic rings. The topological polar surface area (TPSA) is 173 Å². The third-order valence-corrected chi connectivity index (χ3v) is 6.13. The van der Waals surface area contributed by atoms with E-state index in [1.54, 1.807) is 0 Å². The van der Waals surface area contributed by atoms with Crippen molar-refractivity contribution in [2.45, 2.75) is 33.2 Å². The van der Waals surface area contributed by atoms with E-state index in [0.717, 1.165) is 12.2 Å². The van der Waals surface area contributed by atoms with Gasteiger partial charge in [0, 0.05) is 12.2 Å². The molecule has 2 N–H and O–H groups in total. The summed E-state index contributed by atoms with van der Waals surface area (Å²) in [6.45, 7) is 8.63. The number of thioether (sulfide) groups is 3. The van der Waals surface area contributed by atoms with Crippen molar-refractivity contribution in [3.63, 3.8) is 0 Å². The molecule has 0 saturated heterocycles. The van der Waals surface area contributed by atoms with Crippen molar-refractivity contribution in [1.29, 1.82) is 0 Å². The van der Waals surface area contributed by atoms with E-state index >= 15 is 0 Å². The SMILES string of the molecule is C=CC(=O)OC(C)SC(O)(SC(O)(SC(C)OC(=O)C=C)C(=O)[O-])C(=O)[O-]. The number of ether oxygens (including phenoxy) is 2. The molecule has 13 heteroatoms. The van der Waals surface area contributed by atoms with Crippen LogP contribution in [0.2, 0.25) is 0 Å². The monoisotopic (exact) mass is 440 g/mol. The maximum atomic E-state index is 11.3. The minimum atomic E-state index is -3.08. The summed E-state index contributed by atoms with van der Waals surface area (Å²) in [5.41, 5.74) is -2.59. The molecule has 4 unspecified atom stereocenters. The first-order valence-corrected chi connectivity index (χ1v) is 9.46. The standard InChI is InChI=1S/C14H18O10S3/c1-5-9(15)23-7(3)25-13(21,11(17)18)27-14(22,12(19)20)26-8(4)24-10(16)6-2/h5-8,21-22H,1-2H2,3-4H3,(H,17,18)(H,19,20)/p-2. The summed E-state index contributed by atoms with van der Waals surface area (Å²) in [7, 11) is 0. The maximum absolute atomic E-state index is 11.3. The van der Waals surface area contributed by atoms with Crippen molar-refractivity contribution in [2.24, 2.45) is 0 Å². The van der Waals surface area contributed by atoms with Crippen molar-refractivity contribution < 1.29 is 49.1 Å². The number of hydrogen-bond donors (Lipinski definition) is 2. The lowest BCUT2D eigenvalue weighted by molar-refractivity contribution is -0.313. The van der Waals surface area contributed by atoms with Gasteiger partial charge < -0.3 is 39.5 Å². The van der Waals surface area contributed by atoms with Crippen LogP contribution >= 0.6 is 35.3 Å². The summed E-state index contributed by atoms with van der Waals surface area (Å²) in [4.78, 5) is 44.9. The molecule has 0 aromatic heterocycles. The number of aliphatic carboxylic acids is 2. The summed E-state index contributed by atoms with van der Waals surface area (Å²) < 4.78 is 3.20. The van der Waals surface area contributed by atoms with Crippen LogP contribution in [0.5, 0.6) is 0 Å². The van der Waals surface area contributed by atoms with Crippen LogP contribution in [0, 0.1) is 0 Å². The predicted molar refractivity (Wildman–Crippen MR) is 94.2 cm³/mol. The second-order valence-corrected chi connectivity index (χ2v) is 9.38. The molecule has 0 aromatic rings. The lowest BCUT2D eigenvalue weighted by Crippen LogP contribution is -2.52. The number of aliphatic hydroxyl groups is 2. The molecule has 4 atom stereocenters. The number of carboxylic acids is 2. The van der Waals surface area contributed by atoms with Crippen molar-refractivity contribution in [3.05, 3.63) is 25.3 Å². The van der Waals surface area contributed by atoms with Crippen LogP contribution in [0.1, 0.15) is 13.8 Å². The van der Waals surface area contributed by atoms with Gasteiger partial charge in [-0.1, -0.05) is 48.4 Å². The summed E-state index contributed by atoms with van der Waals surface area (Å²) in [5.74, 6) is -6.24. The zero-order valence-corrected chi connectivity index (χ0v) is 16.6. The van der Waals surface area contributed by atoms with Crippen LogP contribution in [-0.2, 0) is 28.7 Å². The van der Waals surface area contributed by atoms with Gasteiger partial charge in [-0.15, -0.1) is 0 Å². The highest BCUT2D eigenvalue weighted by Crippen LogP contribution is 2.49. The first-order valence-electron chi connectivity index (χ1n) is 6.89. The van der Waals surface area contributed by atoms with Crippen molar-refractivity contribution >= 4 is 59.2 Å². The fraction of sp³-hybridized carbons (Fsp3) is 0.429. The minimum Gasteiger partial charge on any atom is -0.545 e. The number of esters is 2. The number of carbonyl (C=O) groups is 4. The molecule has 0 radical (unpaired) electrons. The number of carboxylic acid groups (broad SMARTS) is 2. The van der Waals surface area contributed by atoms with Crippen molar-refractivity contribution in [3.8, 4) is 0 Å². The molecule has 0 amide bonds. The van der Waals surface area contributed by atoms with E-state index in [9.17, 15) is 39.6 Å². The molecule has 0 heterocycles. The van der Waals surface area contributed by atoms with Gasteiger partial charge in [0.15, 0.2) is 0 Å². The average molecular weight is 440 g/mol. The highest BCUT2D eigenvalue weighted by Gasteiger charge is 2.46. The first-order chi connectivity index (χ1) is 12.3. The molecular formula is C14H16O10S3-2. The molecule has 27 heavy (non-hydrogen) atoms. The van der Waals surface area contributed by atoms with E-state index < -0.39 is 43.3 Å². The predicted octanol–water partition coefficient (Wildman–Crippen LogP) is -1.87. The third kappa shape index (κ3) is 8.26. The van der Waals surface area contributed by atoms with Gasteiger partial charge in [0.2, 0.25) is 8.53 Å².